The van der Waals surface area contributed by atoms with Gasteiger partial charge in [-0.25, -0.2) is 0 Å². The summed E-state index contributed by atoms with van der Waals surface area (Å²) in [4.78, 5) is 23.6. The molecular formula is C15H25NO4. The molecule has 2 N–H and O–H groups in total. The molecule has 20 heavy (non-hydrogen) atoms. The fourth-order valence-electron chi connectivity index (χ4n) is 3.35. The SMILES string of the molecule is COC1(CNC(=O)CC2(C(=O)O)CCCCC2)CCC1. The number of rotatable bonds is 6. The summed E-state index contributed by atoms with van der Waals surface area (Å²) in [6.45, 7) is 0.498. The number of methoxy groups -OCH3 is 1. The van der Waals surface area contributed by atoms with Gasteiger partial charge in [-0.15, -0.1) is 0 Å². The Hall–Kier alpha value is -1.10. The van der Waals surface area contributed by atoms with Crippen LogP contribution >= 0.6 is 0 Å². The van der Waals surface area contributed by atoms with Gasteiger partial charge in [0.05, 0.1) is 11.0 Å². The predicted octanol–water partition coefficient (Wildman–Crippen LogP) is 2.10. The highest BCUT2D eigenvalue weighted by Gasteiger charge is 2.42. The Morgan fingerprint density at radius 1 is 1.10 bits per heavy atom. The first-order valence-corrected chi connectivity index (χ1v) is 7.57. The van der Waals surface area contributed by atoms with E-state index in [9.17, 15) is 14.7 Å². The van der Waals surface area contributed by atoms with Gasteiger partial charge in [-0.3, -0.25) is 9.59 Å². The lowest BCUT2D eigenvalue weighted by Crippen LogP contribution is -2.50. The lowest BCUT2D eigenvalue weighted by atomic mass is 9.71. The number of hydrogen-bond donors (Lipinski definition) is 2. The van der Waals surface area contributed by atoms with E-state index in [0.29, 0.717) is 19.4 Å². The number of nitrogens with one attached hydrogen (secondary N) is 1. The van der Waals surface area contributed by atoms with Crippen molar-refractivity contribution in [3.05, 3.63) is 0 Å². The van der Waals surface area contributed by atoms with Gasteiger partial charge in [0.15, 0.2) is 0 Å². The van der Waals surface area contributed by atoms with Gasteiger partial charge in [0.2, 0.25) is 5.91 Å². The molecule has 0 spiro atoms. The lowest BCUT2D eigenvalue weighted by Gasteiger charge is -2.41. The van der Waals surface area contributed by atoms with Gasteiger partial charge in [-0.2, -0.15) is 0 Å². The Balaban J connectivity index is 1.87. The molecule has 0 atom stereocenters. The number of carboxylic acid groups (broad SMARTS) is 1. The second-order valence-electron chi connectivity index (χ2n) is 6.34. The highest BCUT2D eigenvalue weighted by atomic mass is 16.5. The molecule has 0 aromatic carbocycles. The molecule has 0 bridgehead atoms. The van der Waals surface area contributed by atoms with E-state index in [2.05, 4.69) is 5.32 Å². The van der Waals surface area contributed by atoms with Crippen LogP contribution in [-0.4, -0.2) is 36.2 Å². The molecular weight excluding hydrogens is 258 g/mol. The summed E-state index contributed by atoms with van der Waals surface area (Å²) in [6.07, 6.45) is 7.27. The average molecular weight is 283 g/mol. The van der Waals surface area contributed by atoms with Crippen LogP contribution < -0.4 is 5.32 Å². The molecule has 0 aliphatic heterocycles. The van der Waals surface area contributed by atoms with Gasteiger partial charge in [0.25, 0.3) is 0 Å². The highest BCUT2D eigenvalue weighted by molar-refractivity contribution is 5.85. The molecule has 2 rings (SSSR count). The minimum Gasteiger partial charge on any atom is -0.481 e. The van der Waals surface area contributed by atoms with Crippen LogP contribution in [0.2, 0.25) is 0 Å². The maximum Gasteiger partial charge on any atom is 0.310 e. The Kier molecular flexibility index (Phi) is 4.68. The summed E-state index contributed by atoms with van der Waals surface area (Å²) in [6, 6.07) is 0. The van der Waals surface area contributed by atoms with Crippen molar-refractivity contribution in [1.82, 2.24) is 5.32 Å². The second kappa shape index (κ2) is 6.12. The van der Waals surface area contributed by atoms with Crippen molar-refractivity contribution in [3.63, 3.8) is 0 Å². The number of hydrogen-bond acceptors (Lipinski definition) is 3. The quantitative estimate of drug-likeness (QED) is 0.782. The molecule has 2 aliphatic carbocycles. The molecule has 0 aromatic heterocycles. The molecule has 114 valence electrons. The molecule has 0 heterocycles. The molecule has 0 aromatic rings. The Morgan fingerprint density at radius 3 is 2.20 bits per heavy atom. The maximum absolute atomic E-state index is 12.1. The van der Waals surface area contributed by atoms with Gasteiger partial charge in [-0.1, -0.05) is 19.3 Å². The Bertz CT molecular complexity index is 365. The Morgan fingerprint density at radius 2 is 1.75 bits per heavy atom. The standard InChI is InChI=1S/C15H25NO4/c1-20-15(8-5-9-15)11-16-12(17)10-14(13(18)19)6-3-2-4-7-14/h2-11H2,1H3,(H,16,17)(H,18,19). The number of amides is 1. The lowest BCUT2D eigenvalue weighted by molar-refractivity contribution is -0.154. The zero-order valence-corrected chi connectivity index (χ0v) is 12.2. The molecule has 5 nitrogen and oxygen atoms in total. The van der Waals surface area contributed by atoms with E-state index in [-0.39, 0.29) is 17.9 Å². The number of ether oxygens (including phenoxy) is 1. The van der Waals surface area contributed by atoms with Gasteiger partial charge in [0, 0.05) is 20.1 Å². The first kappa shape index (κ1) is 15.3. The van der Waals surface area contributed by atoms with Gasteiger partial charge in [-0.05, 0) is 32.1 Å². The van der Waals surface area contributed by atoms with E-state index in [1.807, 2.05) is 0 Å². The molecule has 2 saturated carbocycles. The van der Waals surface area contributed by atoms with E-state index >= 15 is 0 Å². The summed E-state index contributed by atoms with van der Waals surface area (Å²) in [5.74, 6) is -0.977. The minimum absolute atomic E-state index is 0.0993. The van der Waals surface area contributed by atoms with E-state index in [0.717, 1.165) is 38.5 Å². The number of carboxylic acids is 1. The Labute approximate surface area is 120 Å². The van der Waals surface area contributed by atoms with Crippen molar-refractivity contribution in [3.8, 4) is 0 Å². The molecule has 2 fully saturated rings. The normalized spacial score (nSPS) is 23.6. The van der Waals surface area contributed by atoms with E-state index < -0.39 is 11.4 Å². The van der Waals surface area contributed by atoms with E-state index in [1.165, 1.54) is 0 Å². The van der Waals surface area contributed by atoms with Crippen LogP contribution in [0.1, 0.15) is 57.8 Å². The van der Waals surface area contributed by atoms with E-state index in [1.54, 1.807) is 7.11 Å². The topological polar surface area (TPSA) is 75.6 Å². The van der Waals surface area contributed by atoms with Gasteiger partial charge < -0.3 is 15.2 Å². The van der Waals surface area contributed by atoms with Crippen molar-refractivity contribution in [2.24, 2.45) is 5.41 Å². The molecule has 0 saturated heterocycles. The van der Waals surface area contributed by atoms with Crippen LogP contribution in [0.15, 0.2) is 0 Å². The van der Waals surface area contributed by atoms with Crippen LogP contribution in [0.5, 0.6) is 0 Å². The predicted molar refractivity (Wildman–Crippen MR) is 74.4 cm³/mol. The molecule has 0 radical (unpaired) electrons. The maximum atomic E-state index is 12.1. The van der Waals surface area contributed by atoms with Crippen LogP contribution in [0.25, 0.3) is 0 Å². The summed E-state index contributed by atoms with van der Waals surface area (Å²) < 4.78 is 5.46. The third kappa shape index (κ3) is 3.14. The third-order valence-electron chi connectivity index (χ3n) is 5.07. The van der Waals surface area contributed by atoms with E-state index in [4.69, 9.17) is 4.74 Å². The fourth-order valence-corrected chi connectivity index (χ4v) is 3.35. The average Bonchev–Trinajstić information content (AvgIpc) is 2.39. The summed E-state index contributed by atoms with van der Waals surface area (Å²) in [7, 11) is 1.67. The third-order valence-corrected chi connectivity index (χ3v) is 5.07. The van der Waals surface area contributed by atoms with Crippen LogP contribution in [0, 0.1) is 5.41 Å². The zero-order chi connectivity index (χ0) is 14.6. The summed E-state index contributed by atoms with van der Waals surface area (Å²) in [5, 5.41) is 12.3. The minimum atomic E-state index is -0.845. The zero-order valence-electron chi connectivity index (χ0n) is 12.2. The number of aliphatic carboxylic acids is 1. The summed E-state index contributed by atoms with van der Waals surface area (Å²) >= 11 is 0. The smallest absolute Gasteiger partial charge is 0.310 e. The van der Waals surface area contributed by atoms with Gasteiger partial charge in [0.1, 0.15) is 0 Å². The fraction of sp³-hybridized carbons (Fsp3) is 0.867. The number of carbonyl (C=O) groups is 2. The van der Waals surface area contributed by atoms with Crippen molar-refractivity contribution < 1.29 is 19.4 Å². The van der Waals surface area contributed by atoms with Crippen LogP contribution in [0.4, 0.5) is 0 Å². The molecule has 2 aliphatic rings. The second-order valence-corrected chi connectivity index (χ2v) is 6.34. The van der Waals surface area contributed by atoms with Crippen LogP contribution in [-0.2, 0) is 14.3 Å². The van der Waals surface area contributed by atoms with Crippen molar-refractivity contribution in [2.75, 3.05) is 13.7 Å². The molecule has 1 amide bonds. The monoisotopic (exact) mass is 283 g/mol. The first-order chi connectivity index (χ1) is 9.52. The number of carbonyl (C=O) groups excluding carboxylic acids is 1. The van der Waals surface area contributed by atoms with Crippen molar-refractivity contribution in [2.45, 2.75) is 63.4 Å². The van der Waals surface area contributed by atoms with Crippen molar-refractivity contribution >= 4 is 11.9 Å². The molecule has 0 unspecified atom stereocenters. The summed E-state index contributed by atoms with van der Waals surface area (Å²) in [5.41, 5.74) is -1.05. The molecule has 5 heteroatoms. The highest BCUT2D eigenvalue weighted by Crippen LogP contribution is 2.40. The first-order valence-electron chi connectivity index (χ1n) is 7.57. The largest absolute Gasteiger partial charge is 0.481 e. The van der Waals surface area contributed by atoms with Crippen molar-refractivity contribution in [1.29, 1.82) is 0 Å². The van der Waals surface area contributed by atoms with Crippen LogP contribution in [0.3, 0.4) is 0 Å². The van der Waals surface area contributed by atoms with Gasteiger partial charge >= 0.3 is 5.97 Å².